The zero-order valence-electron chi connectivity index (χ0n) is 21.9. The van der Waals surface area contributed by atoms with Crippen LogP contribution in [0.4, 0.5) is 0 Å². The van der Waals surface area contributed by atoms with Gasteiger partial charge in [-0.3, -0.25) is 9.36 Å². The molecule has 39 heavy (non-hydrogen) atoms. The van der Waals surface area contributed by atoms with Crippen LogP contribution in [0.1, 0.15) is 41.6 Å². The smallest absolute Gasteiger partial charge is 0.271 e. The normalized spacial score (nSPS) is 16.2. The second-order valence-electron chi connectivity index (χ2n) is 9.39. The van der Waals surface area contributed by atoms with Gasteiger partial charge in [0.15, 0.2) is 27.8 Å². The van der Waals surface area contributed by atoms with E-state index in [4.69, 9.17) is 19.2 Å². The Morgan fingerprint density at radius 2 is 1.85 bits per heavy atom. The summed E-state index contributed by atoms with van der Waals surface area (Å²) >= 11 is 1.36. The highest BCUT2D eigenvalue weighted by Gasteiger charge is 2.33. The van der Waals surface area contributed by atoms with Crippen LogP contribution in [-0.4, -0.2) is 30.5 Å². The quantitative estimate of drug-likeness (QED) is 0.391. The number of hydrogen-bond acceptors (Lipinski definition) is 7. The Kier molecular flexibility index (Phi) is 6.48. The van der Waals surface area contributed by atoms with Gasteiger partial charge in [0.05, 0.1) is 37.1 Å². The number of benzene rings is 3. The number of aromatic nitrogens is 1. The Balaban J connectivity index is 1.59. The van der Waals surface area contributed by atoms with Crippen molar-refractivity contribution >= 4 is 23.1 Å². The lowest BCUT2D eigenvalue weighted by Gasteiger charge is -2.31. The van der Waals surface area contributed by atoms with Gasteiger partial charge in [-0.2, -0.15) is 0 Å². The van der Waals surface area contributed by atoms with Crippen molar-refractivity contribution in [2.75, 3.05) is 20.8 Å². The Bertz CT molecular complexity index is 1800. The number of hydrogen-bond donors (Lipinski definition) is 1. The van der Waals surface area contributed by atoms with Gasteiger partial charge in [-0.1, -0.05) is 47.7 Å². The summed E-state index contributed by atoms with van der Waals surface area (Å²) in [7, 11) is 3.22. The summed E-state index contributed by atoms with van der Waals surface area (Å²) in [4.78, 5) is 19.7. The third-order valence-corrected chi connectivity index (χ3v) is 8.16. The maximum absolute atomic E-state index is 14.0. The van der Waals surface area contributed by atoms with Crippen LogP contribution in [0.2, 0.25) is 0 Å². The number of aryl methyl sites for hydroxylation is 1. The summed E-state index contributed by atoms with van der Waals surface area (Å²) in [5.41, 5.74) is 6.01. The first kappa shape index (κ1) is 25.0. The first-order chi connectivity index (χ1) is 19.0. The van der Waals surface area contributed by atoms with Crippen LogP contribution in [-0.2, 0) is 6.42 Å². The third kappa shape index (κ3) is 4.30. The molecular formula is C31H28N2O5S. The van der Waals surface area contributed by atoms with Crippen molar-refractivity contribution in [2.45, 2.75) is 25.8 Å². The first-order valence-electron chi connectivity index (χ1n) is 12.8. The second kappa shape index (κ2) is 10.1. The molecule has 0 amide bonds. The lowest BCUT2D eigenvalue weighted by Crippen LogP contribution is -2.38. The molecule has 1 N–H and O–H groups in total. The molecular weight excluding hydrogens is 512 g/mol. The average molecular weight is 541 g/mol. The SMILES string of the molecule is CCOc1cc(/C=c2\sc3n(c2=O)[C@H](c2ccc(OC)c(OC)c2)C2=C(N=3)c3ccccc3CC2)ccc1O. The van der Waals surface area contributed by atoms with Gasteiger partial charge in [-0.05, 0) is 72.4 Å². The lowest BCUT2D eigenvalue weighted by atomic mass is 9.83. The molecule has 0 fully saturated rings. The van der Waals surface area contributed by atoms with Gasteiger partial charge in [0.25, 0.3) is 5.56 Å². The van der Waals surface area contributed by atoms with E-state index in [-0.39, 0.29) is 17.4 Å². The van der Waals surface area contributed by atoms with Gasteiger partial charge in [-0.15, -0.1) is 0 Å². The minimum atomic E-state index is -0.328. The van der Waals surface area contributed by atoms with Crippen LogP contribution < -0.4 is 29.1 Å². The van der Waals surface area contributed by atoms with Crippen molar-refractivity contribution in [1.29, 1.82) is 0 Å². The molecule has 7 nitrogen and oxygen atoms in total. The Morgan fingerprint density at radius 1 is 1.03 bits per heavy atom. The fraction of sp³-hybridized carbons (Fsp3) is 0.226. The minimum Gasteiger partial charge on any atom is -0.504 e. The van der Waals surface area contributed by atoms with E-state index in [1.807, 2.05) is 37.3 Å². The summed E-state index contributed by atoms with van der Waals surface area (Å²) < 4.78 is 19.0. The van der Waals surface area contributed by atoms with Crippen molar-refractivity contribution in [3.8, 4) is 23.0 Å². The van der Waals surface area contributed by atoms with Crippen molar-refractivity contribution < 1.29 is 19.3 Å². The molecule has 3 aromatic carbocycles. The minimum absolute atomic E-state index is 0.0650. The zero-order valence-corrected chi connectivity index (χ0v) is 22.7. The van der Waals surface area contributed by atoms with Crippen molar-refractivity contribution in [3.05, 3.63) is 108 Å². The average Bonchev–Trinajstić information content (AvgIpc) is 3.27. The second-order valence-corrected chi connectivity index (χ2v) is 10.4. The fourth-order valence-corrected chi connectivity index (χ4v) is 6.39. The molecule has 0 saturated heterocycles. The largest absolute Gasteiger partial charge is 0.504 e. The summed E-state index contributed by atoms with van der Waals surface area (Å²) in [5, 5.41) is 10.1. The molecule has 1 aliphatic carbocycles. The first-order valence-corrected chi connectivity index (χ1v) is 13.6. The van der Waals surface area contributed by atoms with Crippen molar-refractivity contribution in [1.82, 2.24) is 4.57 Å². The molecule has 0 saturated carbocycles. The predicted molar refractivity (Wildman–Crippen MR) is 152 cm³/mol. The molecule has 0 spiro atoms. The molecule has 1 aromatic heterocycles. The van der Waals surface area contributed by atoms with Gasteiger partial charge >= 0.3 is 0 Å². The predicted octanol–water partition coefficient (Wildman–Crippen LogP) is 4.44. The van der Waals surface area contributed by atoms with Crippen LogP contribution >= 0.6 is 11.3 Å². The third-order valence-electron chi connectivity index (χ3n) is 7.18. The van der Waals surface area contributed by atoms with E-state index in [1.165, 1.54) is 16.9 Å². The zero-order chi connectivity index (χ0) is 27.1. The van der Waals surface area contributed by atoms with Gasteiger partial charge in [0.1, 0.15) is 0 Å². The highest BCUT2D eigenvalue weighted by molar-refractivity contribution is 7.07. The number of allylic oxidation sites excluding steroid dienone is 1. The molecule has 0 bridgehead atoms. The van der Waals surface area contributed by atoms with Crippen LogP contribution in [0, 0.1) is 0 Å². The molecule has 1 aliphatic heterocycles. The number of phenols is 1. The molecule has 2 heterocycles. The maximum Gasteiger partial charge on any atom is 0.271 e. The van der Waals surface area contributed by atoms with Crippen LogP contribution in [0.5, 0.6) is 23.0 Å². The van der Waals surface area contributed by atoms with E-state index in [1.54, 1.807) is 37.0 Å². The molecule has 0 radical (unpaired) electrons. The number of nitrogens with zero attached hydrogens (tertiary/aromatic N) is 2. The molecule has 8 heteroatoms. The number of thiazole rings is 1. The number of phenolic OH excluding ortho intramolecular Hbond substituents is 1. The van der Waals surface area contributed by atoms with Gasteiger partial charge in [0, 0.05) is 5.56 Å². The van der Waals surface area contributed by atoms with E-state index >= 15 is 0 Å². The van der Waals surface area contributed by atoms with E-state index in [9.17, 15) is 9.90 Å². The summed E-state index contributed by atoms with van der Waals surface area (Å²) in [6.45, 7) is 2.29. The highest BCUT2D eigenvalue weighted by atomic mass is 32.1. The van der Waals surface area contributed by atoms with E-state index in [2.05, 4.69) is 18.2 Å². The molecule has 2 aliphatic rings. The summed E-state index contributed by atoms with van der Waals surface area (Å²) in [6.07, 6.45) is 3.51. The highest BCUT2D eigenvalue weighted by Crippen LogP contribution is 2.42. The standard InChI is InChI=1S/C31H28N2O5S/c1-4-38-25-15-18(9-13-23(25)34)16-27-30(35)33-29(20-11-14-24(36-2)26(17-20)37-3)22-12-10-19-7-5-6-8-21(19)28(22)32-31(33)39-27/h5-9,11,13-17,29,34H,4,10,12H2,1-3H3/b27-16-/t29-/m1/s1. The van der Waals surface area contributed by atoms with Crippen molar-refractivity contribution in [3.63, 3.8) is 0 Å². The Hall–Kier alpha value is -4.30. The van der Waals surface area contributed by atoms with Crippen LogP contribution in [0.15, 0.2) is 76.0 Å². The van der Waals surface area contributed by atoms with Crippen LogP contribution in [0.3, 0.4) is 0 Å². The number of aromatic hydroxyl groups is 1. The molecule has 1 atom stereocenters. The fourth-order valence-electron chi connectivity index (χ4n) is 5.39. The number of ether oxygens (including phenoxy) is 3. The summed E-state index contributed by atoms with van der Waals surface area (Å²) in [5.74, 6) is 1.69. The molecule has 198 valence electrons. The molecule has 0 unspecified atom stereocenters. The topological polar surface area (TPSA) is 82.3 Å². The monoisotopic (exact) mass is 540 g/mol. The lowest BCUT2D eigenvalue weighted by molar-refractivity contribution is 0.318. The van der Waals surface area contributed by atoms with E-state index in [0.717, 1.165) is 40.8 Å². The molecule has 6 rings (SSSR count). The van der Waals surface area contributed by atoms with Gasteiger partial charge < -0.3 is 19.3 Å². The maximum atomic E-state index is 14.0. The summed E-state index contributed by atoms with van der Waals surface area (Å²) in [6, 6.07) is 18.9. The van der Waals surface area contributed by atoms with Gasteiger partial charge in [-0.25, -0.2) is 4.99 Å². The molecule has 4 aromatic rings. The van der Waals surface area contributed by atoms with E-state index in [0.29, 0.717) is 33.2 Å². The van der Waals surface area contributed by atoms with Gasteiger partial charge in [0.2, 0.25) is 0 Å². The number of rotatable bonds is 6. The van der Waals surface area contributed by atoms with E-state index < -0.39 is 0 Å². The Morgan fingerprint density at radius 3 is 2.64 bits per heavy atom. The number of fused-ring (bicyclic) bond motifs is 3. The van der Waals surface area contributed by atoms with Crippen LogP contribution in [0.25, 0.3) is 11.8 Å². The Labute approximate surface area is 229 Å². The number of methoxy groups -OCH3 is 2. The van der Waals surface area contributed by atoms with Crippen molar-refractivity contribution in [2.24, 2.45) is 4.99 Å².